The molecule has 1 heterocycles. The number of nitrogens with zero attached hydrogens (tertiary/aromatic N) is 3. The van der Waals surface area contributed by atoms with Gasteiger partial charge in [-0.05, 0) is 13.0 Å². The van der Waals surface area contributed by atoms with Crippen LogP contribution in [0.15, 0.2) is 12.3 Å². The van der Waals surface area contributed by atoms with E-state index in [1.54, 1.807) is 24.9 Å². The van der Waals surface area contributed by atoms with Crippen LogP contribution >= 0.6 is 0 Å². The standard InChI is InChI=1S/C10H15N3O3/c1-7(14)6-13(2)8-4-5-11-9(12-8)10(15)16-3/h4-5,7,14H,6H2,1-3H3. The van der Waals surface area contributed by atoms with Gasteiger partial charge in [-0.2, -0.15) is 0 Å². The van der Waals surface area contributed by atoms with Gasteiger partial charge in [0.15, 0.2) is 0 Å². The van der Waals surface area contributed by atoms with Gasteiger partial charge in [-0.3, -0.25) is 0 Å². The van der Waals surface area contributed by atoms with Crippen molar-refractivity contribution in [2.75, 3.05) is 25.6 Å². The lowest BCUT2D eigenvalue weighted by Gasteiger charge is -2.19. The molecule has 0 aromatic carbocycles. The number of aromatic nitrogens is 2. The predicted molar refractivity (Wildman–Crippen MR) is 58.3 cm³/mol. The highest BCUT2D eigenvalue weighted by atomic mass is 16.5. The number of ether oxygens (including phenoxy) is 1. The summed E-state index contributed by atoms with van der Waals surface area (Å²) in [4.78, 5) is 20.8. The molecule has 1 N–H and O–H groups in total. The first-order valence-electron chi connectivity index (χ1n) is 4.85. The van der Waals surface area contributed by atoms with Crippen molar-refractivity contribution < 1.29 is 14.6 Å². The van der Waals surface area contributed by atoms with Crippen LogP contribution in [-0.2, 0) is 4.74 Å². The third-order valence-electron chi connectivity index (χ3n) is 1.94. The van der Waals surface area contributed by atoms with E-state index in [2.05, 4.69) is 14.7 Å². The summed E-state index contributed by atoms with van der Waals surface area (Å²) in [6.45, 7) is 2.11. The molecule has 1 aromatic heterocycles. The second kappa shape index (κ2) is 5.41. The molecule has 6 heteroatoms. The number of carbonyl (C=O) groups excluding carboxylic acids is 1. The smallest absolute Gasteiger partial charge is 0.376 e. The molecule has 1 unspecified atom stereocenters. The van der Waals surface area contributed by atoms with Gasteiger partial charge >= 0.3 is 5.97 Å². The Kier molecular flexibility index (Phi) is 4.19. The summed E-state index contributed by atoms with van der Waals surface area (Å²) in [5.41, 5.74) is 0. The van der Waals surface area contributed by atoms with E-state index in [4.69, 9.17) is 0 Å². The maximum atomic E-state index is 11.2. The van der Waals surface area contributed by atoms with Crippen LogP contribution in [0.4, 0.5) is 5.82 Å². The van der Waals surface area contributed by atoms with Gasteiger partial charge in [-0.15, -0.1) is 0 Å². The molecule has 0 saturated heterocycles. The van der Waals surface area contributed by atoms with Crippen molar-refractivity contribution in [1.82, 2.24) is 9.97 Å². The van der Waals surface area contributed by atoms with Gasteiger partial charge in [0.1, 0.15) is 5.82 Å². The van der Waals surface area contributed by atoms with E-state index in [9.17, 15) is 9.90 Å². The normalized spacial score (nSPS) is 12.0. The maximum Gasteiger partial charge on any atom is 0.376 e. The van der Waals surface area contributed by atoms with Crippen molar-refractivity contribution in [2.45, 2.75) is 13.0 Å². The summed E-state index contributed by atoms with van der Waals surface area (Å²) in [6.07, 6.45) is 1.01. The zero-order valence-corrected chi connectivity index (χ0v) is 9.54. The molecule has 0 saturated carbocycles. The Bertz CT molecular complexity index is 368. The predicted octanol–water partition coefficient (Wildman–Crippen LogP) is 0.0802. The fourth-order valence-corrected chi connectivity index (χ4v) is 1.24. The van der Waals surface area contributed by atoms with Crippen molar-refractivity contribution in [2.24, 2.45) is 0 Å². The van der Waals surface area contributed by atoms with Crippen molar-refractivity contribution in [3.05, 3.63) is 18.1 Å². The summed E-state index contributed by atoms with van der Waals surface area (Å²) in [6, 6.07) is 1.66. The van der Waals surface area contributed by atoms with Crippen molar-refractivity contribution in [3.63, 3.8) is 0 Å². The fraction of sp³-hybridized carbons (Fsp3) is 0.500. The molecule has 0 radical (unpaired) electrons. The number of methoxy groups -OCH3 is 1. The van der Waals surface area contributed by atoms with Crippen LogP contribution < -0.4 is 4.90 Å². The van der Waals surface area contributed by atoms with Gasteiger partial charge in [0.05, 0.1) is 13.2 Å². The highest BCUT2D eigenvalue weighted by Crippen LogP contribution is 2.08. The molecule has 0 aliphatic carbocycles. The maximum absolute atomic E-state index is 11.2. The highest BCUT2D eigenvalue weighted by Gasteiger charge is 2.12. The van der Waals surface area contributed by atoms with E-state index in [0.717, 1.165) is 0 Å². The Labute approximate surface area is 93.9 Å². The molecule has 0 aliphatic rings. The molecule has 1 rings (SSSR count). The molecule has 6 nitrogen and oxygen atoms in total. The summed E-state index contributed by atoms with van der Waals surface area (Å²) in [5.74, 6) is 0.000963. The van der Waals surface area contributed by atoms with Crippen LogP contribution in [0.5, 0.6) is 0 Å². The van der Waals surface area contributed by atoms with Gasteiger partial charge in [0, 0.05) is 19.8 Å². The quantitative estimate of drug-likeness (QED) is 0.731. The third kappa shape index (κ3) is 3.16. The van der Waals surface area contributed by atoms with Crippen LogP contribution in [-0.4, -0.2) is 47.8 Å². The van der Waals surface area contributed by atoms with Crippen LogP contribution in [0, 0.1) is 0 Å². The fourth-order valence-electron chi connectivity index (χ4n) is 1.24. The van der Waals surface area contributed by atoms with Crippen LogP contribution in [0.1, 0.15) is 17.5 Å². The number of hydrogen-bond donors (Lipinski definition) is 1. The van der Waals surface area contributed by atoms with E-state index in [1.165, 1.54) is 13.3 Å². The van der Waals surface area contributed by atoms with Gasteiger partial charge in [0.25, 0.3) is 0 Å². The molecule has 88 valence electrons. The largest absolute Gasteiger partial charge is 0.463 e. The number of aliphatic hydroxyl groups excluding tert-OH is 1. The van der Waals surface area contributed by atoms with Crippen LogP contribution in [0.2, 0.25) is 0 Å². The summed E-state index contributed by atoms with van der Waals surface area (Å²) in [7, 11) is 3.05. The van der Waals surface area contributed by atoms with Crippen molar-refractivity contribution in [3.8, 4) is 0 Å². The molecule has 16 heavy (non-hydrogen) atoms. The van der Waals surface area contributed by atoms with E-state index in [-0.39, 0.29) is 5.82 Å². The molecule has 0 bridgehead atoms. The molecule has 1 atom stereocenters. The molecular weight excluding hydrogens is 210 g/mol. The second-order valence-electron chi connectivity index (χ2n) is 3.46. The first kappa shape index (κ1) is 12.4. The Balaban J connectivity index is 2.85. The third-order valence-corrected chi connectivity index (χ3v) is 1.94. The van der Waals surface area contributed by atoms with Gasteiger partial charge in [-0.25, -0.2) is 14.8 Å². The molecule has 0 amide bonds. The monoisotopic (exact) mass is 225 g/mol. The minimum Gasteiger partial charge on any atom is -0.463 e. The van der Waals surface area contributed by atoms with Crippen LogP contribution in [0.3, 0.4) is 0 Å². The highest BCUT2D eigenvalue weighted by molar-refractivity contribution is 5.85. The Morgan fingerprint density at radius 3 is 2.94 bits per heavy atom. The molecule has 0 spiro atoms. The van der Waals surface area contributed by atoms with Gasteiger partial charge in [0.2, 0.25) is 5.82 Å². The number of hydrogen-bond acceptors (Lipinski definition) is 6. The number of esters is 1. The Morgan fingerprint density at radius 1 is 1.69 bits per heavy atom. The first-order chi connectivity index (χ1) is 7.54. The van der Waals surface area contributed by atoms with E-state index < -0.39 is 12.1 Å². The lowest BCUT2D eigenvalue weighted by Crippen LogP contribution is -2.28. The average molecular weight is 225 g/mol. The number of carbonyl (C=O) groups is 1. The van der Waals surface area contributed by atoms with Crippen LogP contribution in [0.25, 0.3) is 0 Å². The second-order valence-corrected chi connectivity index (χ2v) is 3.46. The summed E-state index contributed by atoms with van der Waals surface area (Å²) < 4.78 is 4.52. The summed E-state index contributed by atoms with van der Waals surface area (Å²) >= 11 is 0. The lowest BCUT2D eigenvalue weighted by molar-refractivity contribution is 0.0587. The van der Waals surface area contributed by atoms with Crippen molar-refractivity contribution in [1.29, 1.82) is 0 Å². The molecular formula is C10H15N3O3. The molecule has 0 aliphatic heterocycles. The van der Waals surface area contributed by atoms with E-state index in [0.29, 0.717) is 12.4 Å². The number of aliphatic hydroxyl groups is 1. The summed E-state index contributed by atoms with van der Waals surface area (Å²) in [5, 5.41) is 9.23. The van der Waals surface area contributed by atoms with Gasteiger partial charge < -0.3 is 14.7 Å². The minimum absolute atomic E-state index is 0.0115. The lowest BCUT2D eigenvalue weighted by atomic mass is 10.3. The average Bonchev–Trinajstić information content (AvgIpc) is 2.27. The van der Waals surface area contributed by atoms with E-state index >= 15 is 0 Å². The Hall–Kier alpha value is -1.69. The first-order valence-corrected chi connectivity index (χ1v) is 4.85. The van der Waals surface area contributed by atoms with Crippen molar-refractivity contribution >= 4 is 11.8 Å². The Morgan fingerprint density at radius 2 is 2.38 bits per heavy atom. The molecule has 1 aromatic rings. The SMILES string of the molecule is COC(=O)c1nccc(N(C)CC(C)O)n1. The topological polar surface area (TPSA) is 75.5 Å². The zero-order chi connectivity index (χ0) is 12.1. The molecule has 0 fully saturated rings. The number of rotatable bonds is 4. The minimum atomic E-state index is -0.577. The van der Waals surface area contributed by atoms with Gasteiger partial charge in [-0.1, -0.05) is 0 Å². The number of likely N-dealkylation sites (N-methyl/N-ethyl adjacent to an activating group) is 1. The van der Waals surface area contributed by atoms with E-state index in [1.807, 2.05) is 0 Å². The zero-order valence-electron chi connectivity index (χ0n) is 9.54. The number of anilines is 1.